The van der Waals surface area contributed by atoms with Gasteiger partial charge in [-0.2, -0.15) is 11.8 Å². The molecule has 1 fully saturated rings. The highest BCUT2D eigenvalue weighted by molar-refractivity contribution is 7.99. The lowest BCUT2D eigenvalue weighted by Crippen LogP contribution is -2.32. The molecule has 0 aromatic heterocycles. The van der Waals surface area contributed by atoms with Gasteiger partial charge in [-0.1, -0.05) is 32.1 Å². The van der Waals surface area contributed by atoms with Crippen molar-refractivity contribution in [1.82, 2.24) is 5.32 Å². The van der Waals surface area contributed by atoms with Gasteiger partial charge in [-0.15, -0.1) is 0 Å². The zero-order chi connectivity index (χ0) is 13.1. The van der Waals surface area contributed by atoms with Crippen LogP contribution in [0.25, 0.3) is 0 Å². The predicted molar refractivity (Wildman–Crippen MR) is 77.8 cm³/mol. The van der Waals surface area contributed by atoms with E-state index in [2.05, 4.69) is 5.32 Å². The van der Waals surface area contributed by atoms with Gasteiger partial charge in [0, 0.05) is 24.8 Å². The summed E-state index contributed by atoms with van der Waals surface area (Å²) < 4.78 is 0. The summed E-state index contributed by atoms with van der Waals surface area (Å²) in [6.45, 7) is 1.03. The van der Waals surface area contributed by atoms with Gasteiger partial charge in [0.15, 0.2) is 0 Å². The van der Waals surface area contributed by atoms with E-state index in [1.165, 1.54) is 32.1 Å². The van der Waals surface area contributed by atoms with E-state index in [0.717, 1.165) is 37.3 Å². The van der Waals surface area contributed by atoms with E-state index in [9.17, 15) is 4.79 Å². The molecule has 0 bridgehead atoms. The molecular weight excluding hydrogens is 246 g/mol. The number of carbonyl (C=O) groups excluding carboxylic acids is 1. The lowest BCUT2D eigenvalue weighted by Gasteiger charge is -2.19. The van der Waals surface area contributed by atoms with Crippen LogP contribution in [0, 0.1) is 5.92 Å². The molecule has 1 rings (SSSR count). The molecule has 1 aliphatic rings. The minimum absolute atomic E-state index is 0.257. The summed E-state index contributed by atoms with van der Waals surface area (Å²) in [6, 6.07) is 0. The van der Waals surface area contributed by atoms with Crippen molar-refractivity contribution in [2.75, 3.05) is 24.7 Å². The quantitative estimate of drug-likeness (QED) is 0.701. The Hall–Kier alpha value is -0.220. The number of nitrogens with one attached hydrogen (secondary N) is 1. The Morgan fingerprint density at radius 1 is 1.11 bits per heavy atom. The standard InChI is InChI=1S/C14H27NO2S/c16-10-6-11-18-12-9-15-14(17)13-7-4-2-1-3-5-8-13/h13,16H,1-12H2,(H,15,17). The van der Waals surface area contributed by atoms with Crippen LogP contribution in [-0.4, -0.2) is 35.7 Å². The molecule has 0 aliphatic heterocycles. The molecule has 0 unspecified atom stereocenters. The fourth-order valence-electron chi connectivity index (χ4n) is 2.38. The molecule has 0 radical (unpaired) electrons. The van der Waals surface area contributed by atoms with Crippen LogP contribution >= 0.6 is 11.8 Å². The molecule has 0 saturated heterocycles. The number of hydrogen-bond donors (Lipinski definition) is 2. The average Bonchev–Trinajstić information content (AvgIpc) is 2.33. The third kappa shape index (κ3) is 7.27. The van der Waals surface area contributed by atoms with Gasteiger partial charge in [0.1, 0.15) is 0 Å². The summed E-state index contributed by atoms with van der Waals surface area (Å²) >= 11 is 1.80. The normalized spacial score (nSPS) is 18.1. The highest BCUT2D eigenvalue weighted by atomic mass is 32.2. The number of hydrogen-bond acceptors (Lipinski definition) is 3. The molecule has 0 aromatic carbocycles. The number of aliphatic hydroxyl groups is 1. The average molecular weight is 273 g/mol. The number of thioether (sulfide) groups is 1. The summed E-state index contributed by atoms with van der Waals surface area (Å²) in [5.41, 5.74) is 0. The van der Waals surface area contributed by atoms with Gasteiger partial charge >= 0.3 is 0 Å². The number of aliphatic hydroxyl groups excluding tert-OH is 1. The Labute approximate surface area is 115 Å². The van der Waals surface area contributed by atoms with Crippen molar-refractivity contribution >= 4 is 17.7 Å². The summed E-state index contributed by atoms with van der Waals surface area (Å²) in [7, 11) is 0. The van der Waals surface area contributed by atoms with Crippen LogP contribution in [-0.2, 0) is 4.79 Å². The molecule has 18 heavy (non-hydrogen) atoms. The topological polar surface area (TPSA) is 49.3 Å². The molecule has 0 atom stereocenters. The van der Waals surface area contributed by atoms with E-state index in [1.54, 1.807) is 11.8 Å². The zero-order valence-corrected chi connectivity index (χ0v) is 12.1. The Kier molecular flexibility index (Phi) is 9.40. The van der Waals surface area contributed by atoms with Gasteiger partial charge in [-0.25, -0.2) is 0 Å². The van der Waals surface area contributed by atoms with Gasteiger partial charge in [0.05, 0.1) is 0 Å². The largest absolute Gasteiger partial charge is 0.396 e. The first-order chi connectivity index (χ1) is 8.84. The molecule has 0 aromatic rings. The Morgan fingerprint density at radius 2 is 1.78 bits per heavy atom. The van der Waals surface area contributed by atoms with Crippen LogP contribution in [0.5, 0.6) is 0 Å². The summed E-state index contributed by atoms with van der Waals surface area (Å²) in [5, 5.41) is 11.7. The summed E-state index contributed by atoms with van der Waals surface area (Å²) in [6.07, 6.45) is 9.35. The van der Waals surface area contributed by atoms with E-state index in [4.69, 9.17) is 5.11 Å². The second kappa shape index (κ2) is 10.7. The molecule has 1 saturated carbocycles. The van der Waals surface area contributed by atoms with Gasteiger partial charge in [-0.3, -0.25) is 4.79 Å². The predicted octanol–water partition coefficient (Wildman–Crippen LogP) is 2.58. The number of amides is 1. The van der Waals surface area contributed by atoms with E-state index in [0.29, 0.717) is 0 Å². The van der Waals surface area contributed by atoms with Crippen molar-refractivity contribution in [2.45, 2.75) is 51.4 Å². The lowest BCUT2D eigenvalue weighted by atomic mass is 9.90. The molecule has 1 amide bonds. The van der Waals surface area contributed by atoms with Crippen LogP contribution in [0.2, 0.25) is 0 Å². The Bertz CT molecular complexity index is 216. The molecule has 0 spiro atoms. The smallest absolute Gasteiger partial charge is 0.223 e. The van der Waals surface area contributed by atoms with Crippen molar-refractivity contribution in [3.05, 3.63) is 0 Å². The highest BCUT2D eigenvalue weighted by Gasteiger charge is 2.18. The molecule has 0 heterocycles. The maximum atomic E-state index is 12.0. The van der Waals surface area contributed by atoms with Crippen molar-refractivity contribution in [1.29, 1.82) is 0 Å². The van der Waals surface area contributed by atoms with Gasteiger partial charge in [-0.05, 0) is 25.0 Å². The van der Waals surface area contributed by atoms with Gasteiger partial charge in [0.25, 0.3) is 0 Å². The monoisotopic (exact) mass is 273 g/mol. The number of rotatable bonds is 7. The zero-order valence-electron chi connectivity index (χ0n) is 11.3. The molecule has 2 N–H and O–H groups in total. The fourth-order valence-corrected chi connectivity index (χ4v) is 3.16. The van der Waals surface area contributed by atoms with Crippen molar-refractivity contribution < 1.29 is 9.90 Å². The van der Waals surface area contributed by atoms with Crippen molar-refractivity contribution in [3.63, 3.8) is 0 Å². The minimum Gasteiger partial charge on any atom is -0.396 e. The molecule has 4 heteroatoms. The first-order valence-electron chi connectivity index (χ1n) is 7.31. The molecular formula is C14H27NO2S. The van der Waals surface area contributed by atoms with Crippen molar-refractivity contribution in [3.8, 4) is 0 Å². The van der Waals surface area contributed by atoms with Crippen LogP contribution in [0.15, 0.2) is 0 Å². The van der Waals surface area contributed by atoms with Crippen LogP contribution in [0.4, 0.5) is 0 Å². The second-order valence-corrected chi connectivity index (χ2v) is 6.25. The summed E-state index contributed by atoms with van der Waals surface area (Å²) in [5.74, 6) is 2.46. The third-order valence-corrected chi connectivity index (χ3v) is 4.54. The second-order valence-electron chi connectivity index (χ2n) is 5.02. The number of carbonyl (C=O) groups is 1. The van der Waals surface area contributed by atoms with Crippen LogP contribution < -0.4 is 5.32 Å². The first-order valence-corrected chi connectivity index (χ1v) is 8.46. The van der Waals surface area contributed by atoms with E-state index >= 15 is 0 Å². The third-order valence-electron chi connectivity index (χ3n) is 3.47. The van der Waals surface area contributed by atoms with Crippen molar-refractivity contribution in [2.24, 2.45) is 5.92 Å². The highest BCUT2D eigenvalue weighted by Crippen LogP contribution is 2.22. The van der Waals surface area contributed by atoms with Crippen LogP contribution in [0.3, 0.4) is 0 Å². The van der Waals surface area contributed by atoms with Gasteiger partial charge in [0.2, 0.25) is 5.91 Å². The lowest BCUT2D eigenvalue weighted by molar-refractivity contribution is -0.125. The first kappa shape index (κ1) is 15.8. The Balaban J connectivity index is 2.06. The van der Waals surface area contributed by atoms with E-state index < -0.39 is 0 Å². The Morgan fingerprint density at radius 3 is 2.44 bits per heavy atom. The molecule has 3 nitrogen and oxygen atoms in total. The minimum atomic E-state index is 0.257. The maximum absolute atomic E-state index is 12.0. The van der Waals surface area contributed by atoms with E-state index in [-0.39, 0.29) is 18.4 Å². The molecule has 106 valence electrons. The molecule has 1 aliphatic carbocycles. The van der Waals surface area contributed by atoms with Gasteiger partial charge < -0.3 is 10.4 Å². The van der Waals surface area contributed by atoms with E-state index in [1.807, 2.05) is 0 Å². The SMILES string of the molecule is O=C(NCCSCCCO)C1CCCCCCC1. The van der Waals surface area contributed by atoms with Crippen LogP contribution in [0.1, 0.15) is 51.4 Å². The maximum Gasteiger partial charge on any atom is 0.223 e. The fraction of sp³-hybridized carbons (Fsp3) is 0.929. The summed E-state index contributed by atoms with van der Waals surface area (Å²) in [4.78, 5) is 12.0.